The molecular weight excluding hydrogens is 228 g/mol. The number of benzene rings is 1. The Kier molecular flexibility index (Phi) is 6.22. The maximum Gasteiger partial charge on any atom is 0.253 e. The molecule has 0 heterocycles. The monoisotopic (exact) mass is 250 g/mol. The largest absolute Gasteiger partial charge is 0.385 e. The van der Waals surface area contributed by atoms with Crippen molar-refractivity contribution in [3.8, 4) is 0 Å². The molecule has 0 aliphatic carbocycles. The van der Waals surface area contributed by atoms with Gasteiger partial charge in [0.05, 0.1) is 5.56 Å². The Labute approximate surface area is 109 Å². The van der Waals surface area contributed by atoms with Crippen molar-refractivity contribution in [1.29, 1.82) is 0 Å². The number of carbonyl (C=O) groups is 1. The number of methoxy groups -OCH3 is 1. The van der Waals surface area contributed by atoms with Gasteiger partial charge in [-0.05, 0) is 38.0 Å². The molecule has 0 saturated heterocycles. The molecule has 0 aliphatic rings. The molecule has 0 radical (unpaired) electrons. The van der Waals surface area contributed by atoms with E-state index >= 15 is 0 Å². The van der Waals surface area contributed by atoms with Crippen LogP contribution in [0.5, 0.6) is 0 Å². The van der Waals surface area contributed by atoms with E-state index in [1.54, 1.807) is 7.11 Å². The Hall–Kier alpha value is -1.55. The van der Waals surface area contributed by atoms with Gasteiger partial charge in [0.25, 0.3) is 5.91 Å². The van der Waals surface area contributed by atoms with Crippen molar-refractivity contribution in [3.05, 3.63) is 29.3 Å². The van der Waals surface area contributed by atoms with Crippen LogP contribution in [0.1, 0.15) is 29.3 Å². The van der Waals surface area contributed by atoms with E-state index in [1.165, 1.54) is 0 Å². The average molecular weight is 250 g/mol. The summed E-state index contributed by atoms with van der Waals surface area (Å²) in [7, 11) is 1.66. The molecule has 4 heteroatoms. The number of aryl methyl sites for hydroxylation is 1. The quantitative estimate of drug-likeness (QED) is 0.729. The maximum atomic E-state index is 12.0. The van der Waals surface area contributed by atoms with Crippen molar-refractivity contribution in [1.82, 2.24) is 5.32 Å². The first-order chi connectivity index (χ1) is 8.69. The molecule has 0 aliphatic heterocycles. The van der Waals surface area contributed by atoms with E-state index in [0.717, 1.165) is 24.2 Å². The molecule has 1 aromatic rings. The topological polar surface area (TPSA) is 50.4 Å². The molecule has 1 rings (SSSR count). The molecule has 0 spiro atoms. The SMILES string of the molecule is CCNc1cc(C)ccc1C(=O)NCCCOC. The normalized spacial score (nSPS) is 10.2. The maximum absolute atomic E-state index is 12.0. The summed E-state index contributed by atoms with van der Waals surface area (Å²) >= 11 is 0. The fourth-order valence-electron chi connectivity index (χ4n) is 1.71. The highest BCUT2D eigenvalue weighted by Gasteiger charge is 2.10. The summed E-state index contributed by atoms with van der Waals surface area (Å²) in [4.78, 5) is 12.0. The fourth-order valence-corrected chi connectivity index (χ4v) is 1.71. The molecule has 18 heavy (non-hydrogen) atoms. The highest BCUT2D eigenvalue weighted by Crippen LogP contribution is 2.17. The average Bonchev–Trinajstić information content (AvgIpc) is 2.35. The van der Waals surface area contributed by atoms with Gasteiger partial charge < -0.3 is 15.4 Å². The van der Waals surface area contributed by atoms with Crippen LogP contribution in [-0.4, -0.2) is 32.7 Å². The molecule has 100 valence electrons. The third-order valence-electron chi connectivity index (χ3n) is 2.60. The van der Waals surface area contributed by atoms with Crippen LogP contribution in [0.25, 0.3) is 0 Å². The van der Waals surface area contributed by atoms with Crippen molar-refractivity contribution in [2.24, 2.45) is 0 Å². The van der Waals surface area contributed by atoms with E-state index in [0.29, 0.717) is 18.7 Å². The number of anilines is 1. The van der Waals surface area contributed by atoms with E-state index in [9.17, 15) is 4.79 Å². The Morgan fingerprint density at radius 1 is 1.39 bits per heavy atom. The van der Waals surface area contributed by atoms with Crippen molar-refractivity contribution in [3.63, 3.8) is 0 Å². The van der Waals surface area contributed by atoms with Gasteiger partial charge >= 0.3 is 0 Å². The van der Waals surface area contributed by atoms with Gasteiger partial charge in [0.2, 0.25) is 0 Å². The number of carbonyl (C=O) groups excluding carboxylic acids is 1. The molecule has 1 aromatic carbocycles. The number of nitrogens with one attached hydrogen (secondary N) is 2. The van der Waals surface area contributed by atoms with Crippen LogP contribution in [0, 0.1) is 6.92 Å². The van der Waals surface area contributed by atoms with E-state index in [1.807, 2.05) is 32.0 Å². The van der Waals surface area contributed by atoms with Gasteiger partial charge in [-0.15, -0.1) is 0 Å². The summed E-state index contributed by atoms with van der Waals surface area (Å²) in [6, 6.07) is 5.80. The Morgan fingerprint density at radius 2 is 2.17 bits per heavy atom. The van der Waals surface area contributed by atoms with Gasteiger partial charge in [-0.25, -0.2) is 0 Å². The zero-order valence-electron chi connectivity index (χ0n) is 11.4. The van der Waals surface area contributed by atoms with Crippen LogP contribution in [0.15, 0.2) is 18.2 Å². The summed E-state index contributed by atoms with van der Waals surface area (Å²) in [5.41, 5.74) is 2.73. The van der Waals surface area contributed by atoms with Crippen LogP contribution in [0.2, 0.25) is 0 Å². The Bertz CT molecular complexity index is 391. The van der Waals surface area contributed by atoms with Crippen molar-refractivity contribution in [2.45, 2.75) is 20.3 Å². The van der Waals surface area contributed by atoms with Gasteiger partial charge in [0.15, 0.2) is 0 Å². The second-order valence-electron chi connectivity index (χ2n) is 4.18. The van der Waals surface area contributed by atoms with Gasteiger partial charge in [-0.1, -0.05) is 6.07 Å². The highest BCUT2D eigenvalue weighted by molar-refractivity contribution is 5.99. The van der Waals surface area contributed by atoms with E-state index in [2.05, 4.69) is 10.6 Å². The summed E-state index contributed by atoms with van der Waals surface area (Å²) in [5.74, 6) is -0.0398. The smallest absolute Gasteiger partial charge is 0.253 e. The molecule has 0 unspecified atom stereocenters. The summed E-state index contributed by atoms with van der Waals surface area (Å²) in [5, 5.41) is 6.11. The summed E-state index contributed by atoms with van der Waals surface area (Å²) in [6.07, 6.45) is 0.824. The van der Waals surface area contributed by atoms with Crippen molar-refractivity contribution in [2.75, 3.05) is 32.1 Å². The molecule has 0 fully saturated rings. The van der Waals surface area contributed by atoms with Crippen LogP contribution in [0.4, 0.5) is 5.69 Å². The minimum absolute atomic E-state index is 0.0398. The Morgan fingerprint density at radius 3 is 2.83 bits per heavy atom. The first-order valence-corrected chi connectivity index (χ1v) is 6.30. The number of amides is 1. The van der Waals surface area contributed by atoms with Crippen LogP contribution < -0.4 is 10.6 Å². The minimum atomic E-state index is -0.0398. The van der Waals surface area contributed by atoms with Crippen LogP contribution >= 0.6 is 0 Å². The first kappa shape index (κ1) is 14.5. The van der Waals surface area contributed by atoms with E-state index in [-0.39, 0.29) is 5.91 Å². The number of hydrogen-bond donors (Lipinski definition) is 2. The third-order valence-corrected chi connectivity index (χ3v) is 2.60. The summed E-state index contributed by atoms with van der Waals surface area (Å²) < 4.78 is 4.94. The van der Waals surface area contributed by atoms with Gasteiger partial charge in [-0.2, -0.15) is 0 Å². The number of ether oxygens (including phenoxy) is 1. The molecule has 0 atom stereocenters. The lowest BCUT2D eigenvalue weighted by Gasteiger charge is -2.12. The second-order valence-corrected chi connectivity index (χ2v) is 4.18. The first-order valence-electron chi connectivity index (χ1n) is 6.30. The van der Waals surface area contributed by atoms with E-state index < -0.39 is 0 Å². The zero-order valence-corrected chi connectivity index (χ0v) is 11.4. The predicted octanol–water partition coefficient (Wildman–Crippen LogP) is 2.19. The molecule has 1 amide bonds. The molecule has 2 N–H and O–H groups in total. The number of hydrogen-bond acceptors (Lipinski definition) is 3. The standard InChI is InChI=1S/C14H22N2O2/c1-4-15-13-10-11(2)6-7-12(13)14(17)16-8-5-9-18-3/h6-7,10,15H,4-5,8-9H2,1-3H3,(H,16,17). The highest BCUT2D eigenvalue weighted by atomic mass is 16.5. The third kappa shape index (κ3) is 4.37. The zero-order chi connectivity index (χ0) is 13.4. The molecular formula is C14H22N2O2. The van der Waals surface area contributed by atoms with Gasteiger partial charge in [-0.3, -0.25) is 4.79 Å². The van der Waals surface area contributed by atoms with Crippen molar-refractivity contribution >= 4 is 11.6 Å². The lowest BCUT2D eigenvalue weighted by atomic mass is 10.1. The predicted molar refractivity (Wildman–Crippen MR) is 74.2 cm³/mol. The van der Waals surface area contributed by atoms with Gasteiger partial charge in [0.1, 0.15) is 0 Å². The number of rotatable bonds is 7. The van der Waals surface area contributed by atoms with Crippen molar-refractivity contribution < 1.29 is 9.53 Å². The molecule has 0 aromatic heterocycles. The van der Waals surface area contributed by atoms with Crippen LogP contribution in [0.3, 0.4) is 0 Å². The Balaban J connectivity index is 2.66. The molecule has 4 nitrogen and oxygen atoms in total. The summed E-state index contributed by atoms with van der Waals surface area (Å²) in [6.45, 7) is 6.12. The minimum Gasteiger partial charge on any atom is -0.385 e. The second kappa shape index (κ2) is 7.71. The van der Waals surface area contributed by atoms with Gasteiger partial charge in [0, 0.05) is 32.5 Å². The lowest BCUT2D eigenvalue weighted by Crippen LogP contribution is -2.26. The molecule has 0 bridgehead atoms. The molecule has 0 saturated carbocycles. The van der Waals surface area contributed by atoms with Crippen LogP contribution in [-0.2, 0) is 4.74 Å². The fraction of sp³-hybridized carbons (Fsp3) is 0.500. The van der Waals surface area contributed by atoms with E-state index in [4.69, 9.17) is 4.74 Å². The lowest BCUT2D eigenvalue weighted by molar-refractivity contribution is 0.0949.